The van der Waals surface area contributed by atoms with Crippen LogP contribution in [0.15, 0.2) is 11.4 Å². The highest BCUT2D eigenvalue weighted by Gasteiger charge is 2.20. The van der Waals surface area contributed by atoms with Crippen molar-refractivity contribution in [2.24, 2.45) is 0 Å². The van der Waals surface area contributed by atoms with Crippen molar-refractivity contribution in [2.45, 2.75) is 51.6 Å². The fourth-order valence-corrected chi connectivity index (χ4v) is 3.37. The molecule has 1 aromatic heterocycles. The van der Waals surface area contributed by atoms with Gasteiger partial charge in [-0.3, -0.25) is 0 Å². The van der Waals surface area contributed by atoms with Crippen molar-refractivity contribution in [1.29, 1.82) is 0 Å². The maximum absolute atomic E-state index is 3.68. The van der Waals surface area contributed by atoms with Crippen LogP contribution >= 0.6 is 11.3 Å². The first-order valence-electron chi connectivity index (χ1n) is 6.61. The summed E-state index contributed by atoms with van der Waals surface area (Å²) in [5.41, 5.74) is 1.78. The van der Waals surface area contributed by atoms with E-state index in [1.807, 2.05) is 11.3 Å². The quantitative estimate of drug-likeness (QED) is 0.805. The van der Waals surface area contributed by atoms with E-state index in [9.17, 15) is 0 Å². The van der Waals surface area contributed by atoms with Crippen LogP contribution in [0.5, 0.6) is 0 Å². The van der Waals surface area contributed by atoms with Crippen molar-refractivity contribution in [3.05, 3.63) is 21.9 Å². The summed E-state index contributed by atoms with van der Waals surface area (Å²) < 4.78 is 0. The van der Waals surface area contributed by atoms with Crippen LogP contribution in [0.4, 0.5) is 0 Å². The molecule has 0 amide bonds. The van der Waals surface area contributed by atoms with Crippen LogP contribution in [0.3, 0.4) is 0 Å². The first-order valence-corrected chi connectivity index (χ1v) is 7.49. The van der Waals surface area contributed by atoms with E-state index in [0.29, 0.717) is 6.04 Å². The van der Waals surface area contributed by atoms with E-state index in [1.165, 1.54) is 19.3 Å². The van der Waals surface area contributed by atoms with Gasteiger partial charge in [0.1, 0.15) is 0 Å². The number of nitrogens with one attached hydrogen (secondary N) is 2. The van der Waals surface area contributed by atoms with Gasteiger partial charge in [-0.25, -0.2) is 0 Å². The summed E-state index contributed by atoms with van der Waals surface area (Å²) in [5, 5.41) is 9.43. The molecular formula is C14H24N2S. The van der Waals surface area contributed by atoms with Crippen LogP contribution in [-0.2, 0) is 6.42 Å². The van der Waals surface area contributed by atoms with E-state index in [4.69, 9.17) is 0 Å². The van der Waals surface area contributed by atoms with Gasteiger partial charge in [-0.15, -0.1) is 11.3 Å². The number of hydrogen-bond acceptors (Lipinski definition) is 3. The zero-order valence-corrected chi connectivity index (χ0v) is 12.0. The van der Waals surface area contributed by atoms with E-state index in [1.54, 1.807) is 10.4 Å². The fraction of sp³-hybridized carbons (Fsp3) is 0.714. The van der Waals surface area contributed by atoms with Gasteiger partial charge in [0.25, 0.3) is 0 Å². The predicted molar refractivity (Wildman–Crippen MR) is 75.8 cm³/mol. The molecule has 3 heteroatoms. The fourth-order valence-electron chi connectivity index (χ4n) is 2.38. The monoisotopic (exact) mass is 252 g/mol. The Morgan fingerprint density at radius 2 is 2.18 bits per heavy atom. The average molecular weight is 252 g/mol. The van der Waals surface area contributed by atoms with Crippen molar-refractivity contribution in [1.82, 2.24) is 10.6 Å². The highest BCUT2D eigenvalue weighted by atomic mass is 32.1. The molecule has 17 heavy (non-hydrogen) atoms. The SMILES string of the molecule is CC(C)(C)NCCNC1CCCc2sccc21. The van der Waals surface area contributed by atoms with Crippen LogP contribution in [0.2, 0.25) is 0 Å². The zero-order valence-electron chi connectivity index (χ0n) is 11.2. The molecule has 0 radical (unpaired) electrons. The predicted octanol–water partition coefficient (Wildman–Crippen LogP) is 3.10. The van der Waals surface area contributed by atoms with Crippen molar-refractivity contribution in [3.8, 4) is 0 Å². The topological polar surface area (TPSA) is 24.1 Å². The maximum atomic E-state index is 3.68. The summed E-state index contributed by atoms with van der Waals surface area (Å²) in [6, 6.07) is 2.89. The van der Waals surface area contributed by atoms with Gasteiger partial charge >= 0.3 is 0 Å². The molecule has 1 aliphatic rings. The molecule has 0 saturated heterocycles. The van der Waals surface area contributed by atoms with Gasteiger partial charge in [0.15, 0.2) is 0 Å². The molecule has 1 aliphatic carbocycles. The van der Waals surface area contributed by atoms with Gasteiger partial charge in [0.05, 0.1) is 0 Å². The highest BCUT2D eigenvalue weighted by Crippen LogP contribution is 2.32. The second kappa shape index (κ2) is 5.51. The lowest BCUT2D eigenvalue weighted by molar-refractivity contribution is 0.399. The van der Waals surface area contributed by atoms with E-state index in [2.05, 4.69) is 42.9 Å². The minimum atomic E-state index is 0.224. The Bertz CT molecular complexity index is 351. The molecule has 2 rings (SSSR count). The number of rotatable bonds is 4. The lowest BCUT2D eigenvalue weighted by Crippen LogP contribution is -2.41. The summed E-state index contributed by atoms with van der Waals surface area (Å²) in [6.45, 7) is 8.73. The molecule has 2 N–H and O–H groups in total. The molecule has 0 aromatic carbocycles. The molecule has 0 saturated carbocycles. The minimum Gasteiger partial charge on any atom is -0.311 e. The zero-order chi connectivity index (χ0) is 12.3. The standard InChI is InChI=1S/C14H24N2S/c1-14(2,3)16-9-8-15-12-5-4-6-13-11(12)7-10-17-13/h7,10,12,15-16H,4-6,8-9H2,1-3H3. The van der Waals surface area contributed by atoms with Gasteiger partial charge in [-0.2, -0.15) is 0 Å². The van der Waals surface area contributed by atoms with E-state index in [0.717, 1.165) is 13.1 Å². The number of fused-ring (bicyclic) bond motifs is 1. The molecule has 0 spiro atoms. The first-order chi connectivity index (χ1) is 8.06. The Morgan fingerprint density at radius 1 is 1.35 bits per heavy atom. The highest BCUT2D eigenvalue weighted by molar-refractivity contribution is 7.10. The van der Waals surface area contributed by atoms with Gasteiger partial charge in [0, 0.05) is 29.5 Å². The number of thiophene rings is 1. The van der Waals surface area contributed by atoms with E-state index >= 15 is 0 Å². The van der Waals surface area contributed by atoms with Crippen LogP contribution in [-0.4, -0.2) is 18.6 Å². The third kappa shape index (κ3) is 3.80. The molecule has 1 aromatic rings. The molecule has 0 fully saturated rings. The summed E-state index contributed by atoms with van der Waals surface area (Å²) in [6.07, 6.45) is 3.91. The van der Waals surface area contributed by atoms with Gasteiger partial charge in [0.2, 0.25) is 0 Å². The average Bonchev–Trinajstić information content (AvgIpc) is 2.71. The van der Waals surface area contributed by atoms with Gasteiger partial charge in [-0.1, -0.05) is 0 Å². The van der Waals surface area contributed by atoms with Crippen LogP contribution < -0.4 is 10.6 Å². The van der Waals surface area contributed by atoms with Crippen molar-refractivity contribution in [2.75, 3.05) is 13.1 Å². The van der Waals surface area contributed by atoms with Gasteiger partial charge in [-0.05, 0) is 57.0 Å². The summed E-state index contributed by atoms with van der Waals surface area (Å²) >= 11 is 1.92. The minimum absolute atomic E-state index is 0.224. The lowest BCUT2D eigenvalue weighted by Gasteiger charge is -2.25. The van der Waals surface area contributed by atoms with E-state index in [-0.39, 0.29) is 5.54 Å². The van der Waals surface area contributed by atoms with Crippen molar-refractivity contribution >= 4 is 11.3 Å². The van der Waals surface area contributed by atoms with Crippen LogP contribution in [0.25, 0.3) is 0 Å². The Kier molecular flexibility index (Phi) is 4.23. The molecule has 96 valence electrons. The number of aryl methyl sites for hydroxylation is 1. The Balaban J connectivity index is 1.78. The molecule has 0 bridgehead atoms. The molecule has 1 heterocycles. The second-order valence-electron chi connectivity index (χ2n) is 5.87. The molecule has 0 aliphatic heterocycles. The van der Waals surface area contributed by atoms with Crippen molar-refractivity contribution < 1.29 is 0 Å². The summed E-state index contributed by atoms with van der Waals surface area (Å²) in [4.78, 5) is 1.59. The van der Waals surface area contributed by atoms with Gasteiger partial charge < -0.3 is 10.6 Å². The second-order valence-corrected chi connectivity index (χ2v) is 6.88. The van der Waals surface area contributed by atoms with Crippen LogP contribution in [0, 0.1) is 0 Å². The normalized spacial score (nSPS) is 20.3. The Hall–Kier alpha value is -0.380. The third-order valence-electron chi connectivity index (χ3n) is 3.22. The number of hydrogen-bond donors (Lipinski definition) is 2. The lowest BCUT2D eigenvalue weighted by atomic mass is 9.94. The maximum Gasteiger partial charge on any atom is 0.0331 e. The summed E-state index contributed by atoms with van der Waals surface area (Å²) in [5.74, 6) is 0. The Morgan fingerprint density at radius 3 is 2.94 bits per heavy atom. The first kappa shape index (κ1) is 13.1. The Labute approximate surface area is 109 Å². The van der Waals surface area contributed by atoms with Crippen molar-refractivity contribution in [3.63, 3.8) is 0 Å². The molecule has 1 atom stereocenters. The molecule has 1 unspecified atom stereocenters. The van der Waals surface area contributed by atoms with Crippen LogP contribution in [0.1, 0.15) is 50.1 Å². The summed E-state index contributed by atoms with van der Waals surface area (Å²) in [7, 11) is 0. The molecule has 2 nitrogen and oxygen atoms in total. The smallest absolute Gasteiger partial charge is 0.0331 e. The molecular weight excluding hydrogens is 228 g/mol. The largest absolute Gasteiger partial charge is 0.311 e. The third-order valence-corrected chi connectivity index (χ3v) is 4.22. The van der Waals surface area contributed by atoms with E-state index < -0.39 is 0 Å².